The Morgan fingerprint density at radius 2 is 1.75 bits per heavy atom. The average molecular weight is 173 g/mol. The minimum Gasteiger partial charge on any atom is -0.390 e. The van der Waals surface area contributed by atoms with Crippen molar-refractivity contribution in [1.29, 1.82) is 0 Å². The molecule has 1 fully saturated rings. The van der Waals surface area contributed by atoms with Gasteiger partial charge >= 0.3 is 0 Å². The van der Waals surface area contributed by atoms with Crippen LogP contribution in [0.4, 0.5) is 0 Å². The molecular weight excluding hydrogens is 160 g/mol. The number of hydrogen-bond acceptors (Lipinski definition) is 4. The van der Waals surface area contributed by atoms with E-state index in [1.54, 1.807) is 6.29 Å². The van der Waals surface area contributed by atoms with E-state index in [0.717, 1.165) is 0 Å². The molecule has 0 heterocycles. The molecule has 0 saturated heterocycles. The zero-order chi connectivity index (χ0) is 9.14. The summed E-state index contributed by atoms with van der Waals surface area (Å²) in [5.41, 5.74) is 0. The van der Waals surface area contributed by atoms with E-state index in [1.807, 2.05) is 0 Å². The molecule has 69 valence electrons. The molecule has 1 rings (SSSR count). The summed E-state index contributed by atoms with van der Waals surface area (Å²) >= 11 is 0. The van der Waals surface area contributed by atoms with E-state index < -0.39 is 24.2 Å². The van der Waals surface area contributed by atoms with Crippen LogP contribution in [-0.2, 0) is 4.79 Å². The molecule has 4 nitrogen and oxygen atoms in total. The maximum absolute atomic E-state index is 10.3. The molecule has 4 atom stereocenters. The fourth-order valence-corrected chi connectivity index (χ4v) is 1.48. The van der Waals surface area contributed by atoms with Crippen LogP contribution in [0.3, 0.4) is 0 Å². The molecule has 1 radical (unpaired) electrons. The molecule has 1 saturated carbocycles. The summed E-state index contributed by atoms with van der Waals surface area (Å²) in [7, 11) is 0. The van der Waals surface area contributed by atoms with E-state index in [-0.39, 0.29) is 0 Å². The molecule has 12 heavy (non-hydrogen) atoms. The second-order valence-corrected chi connectivity index (χ2v) is 3.20. The highest BCUT2D eigenvalue weighted by atomic mass is 16.4. The van der Waals surface area contributed by atoms with Crippen LogP contribution >= 0.6 is 0 Å². The minimum atomic E-state index is -1.21. The molecule has 1 aliphatic carbocycles. The van der Waals surface area contributed by atoms with Gasteiger partial charge in [-0.25, -0.2) is 0 Å². The van der Waals surface area contributed by atoms with E-state index in [2.05, 4.69) is 0 Å². The van der Waals surface area contributed by atoms with Crippen LogP contribution in [0.1, 0.15) is 19.3 Å². The fourth-order valence-electron chi connectivity index (χ4n) is 1.48. The van der Waals surface area contributed by atoms with Gasteiger partial charge in [0.05, 0.1) is 18.1 Å². The lowest BCUT2D eigenvalue weighted by Gasteiger charge is -2.21. The van der Waals surface area contributed by atoms with E-state index >= 15 is 0 Å². The lowest BCUT2D eigenvalue weighted by Crippen LogP contribution is -2.40. The predicted octanol–water partition coefficient (Wildman–Crippen LogP) is -1.02. The zero-order valence-corrected chi connectivity index (χ0v) is 6.68. The normalized spacial score (nSPS) is 43.6. The SMILES string of the molecule is O=[C]C1CCCC(O)C(O)C1O. The van der Waals surface area contributed by atoms with Crippen LogP contribution in [0, 0.1) is 5.92 Å². The Morgan fingerprint density at radius 3 is 2.33 bits per heavy atom. The van der Waals surface area contributed by atoms with Gasteiger partial charge in [0.15, 0.2) is 0 Å². The third-order valence-corrected chi connectivity index (χ3v) is 2.32. The van der Waals surface area contributed by atoms with Crippen molar-refractivity contribution in [3.05, 3.63) is 0 Å². The van der Waals surface area contributed by atoms with Crippen molar-refractivity contribution < 1.29 is 20.1 Å². The highest BCUT2D eigenvalue weighted by Gasteiger charge is 2.34. The number of aliphatic hydroxyl groups is 3. The molecule has 0 bridgehead atoms. The fraction of sp³-hybridized carbons (Fsp3) is 0.875. The van der Waals surface area contributed by atoms with Gasteiger partial charge < -0.3 is 15.3 Å². The largest absolute Gasteiger partial charge is 0.390 e. The monoisotopic (exact) mass is 173 g/mol. The van der Waals surface area contributed by atoms with Gasteiger partial charge in [-0.2, -0.15) is 0 Å². The van der Waals surface area contributed by atoms with Crippen LogP contribution in [0.15, 0.2) is 0 Å². The Hall–Kier alpha value is -0.450. The summed E-state index contributed by atoms with van der Waals surface area (Å²) in [6, 6.07) is 0. The third kappa shape index (κ3) is 1.83. The van der Waals surface area contributed by atoms with Gasteiger partial charge in [-0.05, 0) is 19.3 Å². The number of aliphatic hydroxyl groups excluding tert-OH is 3. The number of carbonyl (C=O) groups excluding carboxylic acids is 1. The van der Waals surface area contributed by atoms with Gasteiger partial charge in [-0.1, -0.05) is 0 Å². The van der Waals surface area contributed by atoms with Crippen molar-refractivity contribution in [2.45, 2.75) is 37.6 Å². The first-order chi connectivity index (χ1) is 5.66. The molecule has 0 aromatic heterocycles. The lowest BCUT2D eigenvalue weighted by atomic mass is 9.97. The van der Waals surface area contributed by atoms with E-state index in [4.69, 9.17) is 0 Å². The molecule has 0 aliphatic heterocycles. The summed E-state index contributed by atoms with van der Waals surface area (Å²) in [6.07, 6.45) is -0.0746. The second-order valence-electron chi connectivity index (χ2n) is 3.20. The van der Waals surface area contributed by atoms with E-state index in [0.29, 0.717) is 19.3 Å². The second kappa shape index (κ2) is 3.98. The number of rotatable bonds is 1. The Kier molecular flexibility index (Phi) is 3.20. The highest BCUT2D eigenvalue weighted by molar-refractivity contribution is 5.55. The average Bonchev–Trinajstić information content (AvgIpc) is 2.19. The smallest absolute Gasteiger partial charge is 0.204 e. The first-order valence-corrected chi connectivity index (χ1v) is 4.08. The van der Waals surface area contributed by atoms with Crippen LogP contribution in [-0.4, -0.2) is 39.9 Å². The van der Waals surface area contributed by atoms with Gasteiger partial charge in [0.2, 0.25) is 6.29 Å². The summed E-state index contributed by atoms with van der Waals surface area (Å²) in [5, 5.41) is 27.8. The first kappa shape index (κ1) is 9.64. The zero-order valence-electron chi connectivity index (χ0n) is 6.68. The Balaban J connectivity index is 2.65. The third-order valence-electron chi connectivity index (χ3n) is 2.32. The molecule has 3 N–H and O–H groups in total. The van der Waals surface area contributed by atoms with Crippen LogP contribution < -0.4 is 0 Å². The van der Waals surface area contributed by atoms with Crippen LogP contribution in [0.2, 0.25) is 0 Å². The standard InChI is InChI=1S/C8H13O4/c9-4-5-2-1-3-6(10)8(12)7(5)11/h5-8,10-12H,1-3H2. The Bertz CT molecular complexity index is 159. The van der Waals surface area contributed by atoms with Crippen molar-refractivity contribution in [1.82, 2.24) is 0 Å². The molecule has 1 aliphatic rings. The Morgan fingerprint density at radius 1 is 1.08 bits per heavy atom. The number of hydrogen-bond donors (Lipinski definition) is 3. The van der Waals surface area contributed by atoms with E-state index in [1.165, 1.54) is 0 Å². The minimum absolute atomic E-state index is 0.427. The first-order valence-electron chi connectivity index (χ1n) is 4.08. The maximum Gasteiger partial charge on any atom is 0.204 e. The summed E-state index contributed by atoms with van der Waals surface area (Å²) in [4.78, 5) is 10.3. The molecule has 0 spiro atoms. The van der Waals surface area contributed by atoms with Gasteiger partial charge in [0.25, 0.3) is 0 Å². The molecule has 0 aromatic carbocycles. The van der Waals surface area contributed by atoms with Gasteiger partial charge in [-0.15, -0.1) is 0 Å². The summed E-state index contributed by atoms with van der Waals surface area (Å²) < 4.78 is 0. The summed E-state index contributed by atoms with van der Waals surface area (Å²) in [5.74, 6) is -0.655. The molecule has 0 amide bonds. The lowest BCUT2D eigenvalue weighted by molar-refractivity contribution is -0.0636. The Labute approximate surface area is 70.8 Å². The van der Waals surface area contributed by atoms with E-state index in [9.17, 15) is 20.1 Å². The maximum atomic E-state index is 10.3. The quantitative estimate of drug-likeness (QED) is 0.443. The molecular formula is C8H13O4. The van der Waals surface area contributed by atoms with Crippen molar-refractivity contribution in [3.63, 3.8) is 0 Å². The van der Waals surface area contributed by atoms with Crippen molar-refractivity contribution in [3.8, 4) is 0 Å². The topological polar surface area (TPSA) is 77.8 Å². The van der Waals surface area contributed by atoms with Gasteiger partial charge in [-0.3, -0.25) is 4.79 Å². The van der Waals surface area contributed by atoms with Crippen molar-refractivity contribution in [2.24, 2.45) is 5.92 Å². The van der Waals surface area contributed by atoms with Gasteiger partial charge in [0.1, 0.15) is 6.10 Å². The van der Waals surface area contributed by atoms with Crippen LogP contribution in [0.5, 0.6) is 0 Å². The molecule has 4 heteroatoms. The van der Waals surface area contributed by atoms with Gasteiger partial charge in [0, 0.05) is 0 Å². The summed E-state index contributed by atoms with van der Waals surface area (Å²) in [6.45, 7) is 0. The highest BCUT2D eigenvalue weighted by Crippen LogP contribution is 2.22. The van der Waals surface area contributed by atoms with Crippen LogP contribution in [0.25, 0.3) is 0 Å². The predicted molar refractivity (Wildman–Crippen MR) is 41.1 cm³/mol. The van der Waals surface area contributed by atoms with Crippen molar-refractivity contribution >= 4 is 6.29 Å². The molecule has 4 unspecified atom stereocenters. The van der Waals surface area contributed by atoms with Crippen molar-refractivity contribution in [2.75, 3.05) is 0 Å². The molecule has 0 aromatic rings.